The number of sulfonamides is 1. The number of ether oxygens (including phenoxy) is 2. The van der Waals surface area contributed by atoms with Crippen LogP contribution in [0.1, 0.15) is 12.8 Å². The van der Waals surface area contributed by atoms with Gasteiger partial charge in [-0.05, 0) is 49.2 Å². The largest absolute Gasteiger partial charge is 0.497 e. The van der Waals surface area contributed by atoms with Crippen molar-refractivity contribution in [1.29, 1.82) is 0 Å². The first-order valence-electron chi connectivity index (χ1n) is 10.1. The highest BCUT2D eigenvalue weighted by molar-refractivity contribution is 7.89. The first kappa shape index (κ1) is 20.8. The lowest BCUT2D eigenvalue weighted by molar-refractivity contribution is 0.120. The minimum Gasteiger partial charge on any atom is -0.497 e. The second-order valence-corrected chi connectivity index (χ2v) is 9.30. The number of aromatic nitrogens is 2. The molecule has 1 atom stereocenters. The SMILES string of the molecule is COc1ccc(S(=O)(=O)N2CCN(c3ccc(NCC4CCCO4)nn3)CC2)cc1. The summed E-state index contributed by atoms with van der Waals surface area (Å²) in [5.74, 6) is 2.10. The molecule has 2 aliphatic rings. The molecule has 4 rings (SSSR count). The van der Waals surface area contributed by atoms with E-state index in [0.717, 1.165) is 37.6 Å². The van der Waals surface area contributed by atoms with Gasteiger partial charge in [0, 0.05) is 39.3 Å². The molecule has 1 aromatic heterocycles. The van der Waals surface area contributed by atoms with Crippen molar-refractivity contribution in [3.8, 4) is 5.75 Å². The molecule has 3 heterocycles. The Balaban J connectivity index is 1.32. The van der Waals surface area contributed by atoms with Gasteiger partial charge in [-0.2, -0.15) is 4.31 Å². The van der Waals surface area contributed by atoms with Gasteiger partial charge in [-0.25, -0.2) is 8.42 Å². The fourth-order valence-corrected chi connectivity index (χ4v) is 5.09. The summed E-state index contributed by atoms with van der Waals surface area (Å²) in [6.07, 6.45) is 2.42. The standard InChI is InChI=1S/C20H27N5O4S/c1-28-16-4-6-18(7-5-16)30(26,27)25-12-10-24(11-13-25)20-9-8-19(22-23-20)21-15-17-3-2-14-29-17/h4-9,17H,2-3,10-15H2,1H3,(H,21,22). The van der Waals surface area contributed by atoms with Gasteiger partial charge in [0.25, 0.3) is 0 Å². The van der Waals surface area contributed by atoms with E-state index in [2.05, 4.69) is 20.4 Å². The van der Waals surface area contributed by atoms with Gasteiger partial charge in [-0.3, -0.25) is 0 Å². The van der Waals surface area contributed by atoms with Crippen LogP contribution in [0, 0.1) is 0 Å². The third kappa shape index (κ3) is 4.66. The molecule has 2 saturated heterocycles. The zero-order chi connectivity index (χ0) is 21.0. The molecule has 10 heteroatoms. The zero-order valence-electron chi connectivity index (χ0n) is 17.0. The fourth-order valence-electron chi connectivity index (χ4n) is 3.67. The van der Waals surface area contributed by atoms with Gasteiger partial charge in [0.15, 0.2) is 5.82 Å². The molecule has 162 valence electrons. The van der Waals surface area contributed by atoms with E-state index in [9.17, 15) is 8.42 Å². The van der Waals surface area contributed by atoms with Crippen molar-refractivity contribution in [1.82, 2.24) is 14.5 Å². The number of nitrogens with zero attached hydrogens (tertiary/aromatic N) is 4. The van der Waals surface area contributed by atoms with E-state index in [4.69, 9.17) is 9.47 Å². The van der Waals surface area contributed by atoms with Gasteiger partial charge in [0.05, 0.1) is 18.1 Å². The molecular formula is C20H27N5O4S. The van der Waals surface area contributed by atoms with Crippen molar-refractivity contribution < 1.29 is 17.9 Å². The van der Waals surface area contributed by atoms with Crippen LogP contribution in [-0.2, 0) is 14.8 Å². The molecule has 2 fully saturated rings. The second kappa shape index (κ2) is 9.15. The molecule has 0 saturated carbocycles. The first-order valence-corrected chi connectivity index (χ1v) is 11.6. The molecule has 2 aromatic rings. The van der Waals surface area contributed by atoms with Crippen LogP contribution in [0.4, 0.5) is 11.6 Å². The van der Waals surface area contributed by atoms with Crippen LogP contribution in [0.15, 0.2) is 41.3 Å². The zero-order valence-corrected chi connectivity index (χ0v) is 17.8. The highest BCUT2D eigenvalue weighted by Crippen LogP contribution is 2.22. The molecule has 0 spiro atoms. The van der Waals surface area contributed by atoms with Crippen LogP contribution in [0.3, 0.4) is 0 Å². The Morgan fingerprint density at radius 3 is 2.47 bits per heavy atom. The highest BCUT2D eigenvalue weighted by atomic mass is 32.2. The van der Waals surface area contributed by atoms with Crippen LogP contribution in [0.2, 0.25) is 0 Å². The van der Waals surface area contributed by atoms with E-state index < -0.39 is 10.0 Å². The summed E-state index contributed by atoms with van der Waals surface area (Å²) in [7, 11) is -1.97. The number of piperazine rings is 1. The van der Waals surface area contributed by atoms with Crippen LogP contribution in [0.25, 0.3) is 0 Å². The fraction of sp³-hybridized carbons (Fsp3) is 0.500. The van der Waals surface area contributed by atoms with Gasteiger partial charge in [0.2, 0.25) is 10.0 Å². The number of methoxy groups -OCH3 is 1. The number of benzene rings is 1. The maximum absolute atomic E-state index is 12.9. The predicted octanol–water partition coefficient (Wildman–Crippen LogP) is 1.59. The minimum absolute atomic E-state index is 0.243. The molecule has 1 N–H and O–H groups in total. The Hall–Kier alpha value is -2.43. The van der Waals surface area contributed by atoms with Gasteiger partial charge in [-0.15, -0.1) is 10.2 Å². The summed E-state index contributed by atoms with van der Waals surface area (Å²) < 4.78 is 38.0. The van der Waals surface area contributed by atoms with Crippen molar-refractivity contribution in [2.75, 3.05) is 56.7 Å². The Labute approximate surface area is 177 Å². The third-order valence-electron chi connectivity index (χ3n) is 5.45. The summed E-state index contributed by atoms with van der Waals surface area (Å²) in [5.41, 5.74) is 0. The number of anilines is 2. The molecule has 1 aromatic carbocycles. The summed E-state index contributed by atoms with van der Waals surface area (Å²) in [6.45, 7) is 3.48. The maximum atomic E-state index is 12.9. The molecule has 2 aliphatic heterocycles. The number of hydrogen-bond donors (Lipinski definition) is 1. The van der Waals surface area contributed by atoms with Crippen molar-refractivity contribution in [3.63, 3.8) is 0 Å². The van der Waals surface area contributed by atoms with E-state index in [1.807, 2.05) is 12.1 Å². The topological polar surface area (TPSA) is 96.9 Å². The van der Waals surface area contributed by atoms with Gasteiger partial charge < -0.3 is 19.7 Å². The predicted molar refractivity (Wildman–Crippen MR) is 113 cm³/mol. The summed E-state index contributed by atoms with van der Waals surface area (Å²) >= 11 is 0. The maximum Gasteiger partial charge on any atom is 0.243 e. The molecule has 0 bridgehead atoms. The molecular weight excluding hydrogens is 406 g/mol. The molecule has 0 aliphatic carbocycles. The second-order valence-electron chi connectivity index (χ2n) is 7.36. The normalized spacial score (nSPS) is 20.3. The Kier molecular flexibility index (Phi) is 6.35. The van der Waals surface area contributed by atoms with Gasteiger partial charge in [-0.1, -0.05) is 0 Å². The summed E-state index contributed by atoms with van der Waals surface area (Å²) in [4.78, 5) is 2.33. The van der Waals surface area contributed by atoms with E-state index >= 15 is 0 Å². The molecule has 0 amide bonds. The molecule has 30 heavy (non-hydrogen) atoms. The van der Waals surface area contributed by atoms with E-state index in [-0.39, 0.29) is 11.0 Å². The number of hydrogen-bond acceptors (Lipinski definition) is 8. The Bertz CT molecular complexity index is 923. The number of nitrogens with one attached hydrogen (secondary N) is 1. The van der Waals surface area contributed by atoms with E-state index in [0.29, 0.717) is 31.9 Å². The number of rotatable bonds is 7. The molecule has 0 radical (unpaired) electrons. The third-order valence-corrected chi connectivity index (χ3v) is 7.36. The van der Waals surface area contributed by atoms with E-state index in [1.165, 1.54) is 4.31 Å². The van der Waals surface area contributed by atoms with Crippen LogP contribution >= 0.6 is 0 Å². The lowest BCUT2D eigenvalue weighted by atomic mass is 10.2. The van der Waals surface area contributed by atoms with Crippen molar-refractivity contribution in [3.05, 3.63) is 36.4 Å². The monoisotopic (exact) mass is 433 g/mol. The van der Waals surface area contributed by atoms with Crippen LogP contribution in [0.5, 0.6) is 5.75 Å². The van der Waals surface area contributed by atoms with Crippen molar-refractivity contribution in [2.24, 2.45) is 0 Å². The highest BCUT2D eigenvalue weighted by Gasteiger charge is 2.29. The summed E-state index contributed by atoms with van der Waals surface area (Å²) in [5, 5.41) is 11.8. The average molecular weight is 434 g/mol. The van der Waals surface area contributed by atoms with Gasteiger partial charge >= 0.3 is 0 Å². The van der Waals surface area contributed by atoms with Crippen molar-refractivity contribution >= 4 is 21.7 Å². The lowest BCUT2D eigenvalue weighted by Gasteiger charge is -2.34. The smallest absolute Gasteiger partial charge is 0.243 e. The Morgan fingerprint density at radius 2 is 1.87 bits per heavy atom. The first-order chi connectivity index (χ1) is 14.6. The van der Waals surface area contributed by atoms with Gasteiger partial charge in [0.1, 0.15) is 11.6 Å². The van der Waals surface area contributed by atoms with Crippen molar-refractivity contribution in [2.45, 2.75) is 23.8 Å². The lowest BCUT2D eigenvalue weighted by Crippen LogP contribution is -2.49. The van der Waals surface area contributed by atoms with Crippen LogP contribution in [-0.4, -0.2) is 75.5 Å². The summed E-state index contributed by atoms with van der Waals surface area (Å²) in [6, 6.07) is 10.3. The molecule has 1 unspecified atom stereocenters. The quantitative estimate of drug-likeness (QED) is 0.703. The average Bonchev–Trinajstić information content (AvgIpc) is 3.32. The Morgan fingerprint density at radius 1 is 1.10 bits per heavy atom. The van der Waals surface area contributed by atoms with E-state index in [1.54, 1.807) is 31.4 Å². The molecule has 9 nitrogen and oxygen atoms in total. The van der Waals surface area contributed by atoms with Crippen LogP contribution < -0.4 is 15.0 Å². The minimum atomic E-state index is -3.52.